The molecular formula is C13H18ClN3S. The van der Waals surface area contributed by atoms with Crippen molar-refractivity contribution in [2.24, 2.45) is 0 Å². The summed E-state index contributed by atoms with van der Waals surface area (Å²) in [5.41, 5.74) is 2.03. The van der Waals surface area contributed by atoms with Gasteiger partial charge in [0.25, 0.3) is 0 Å². The molecule has 18 heavy (non-hydrogen) atoms. The molecule has 0 bridgehead atoms. The molecule has 0 radical (unpaired) electrons. The molecule has 5 heteroatoms. The minimum absolute atomic E-state index is 0.480. The summed E-state index contributed by atoms with van der Waals surface area (Å²) in [5, 5.41) is 0. The van der Waals surface area contributed by atoms with Gasteiger partial charge in [0.2, 0.25) is 0 Å². The van der Waals surface area contributed by atoms with E-state index < -0.39 is 0 Å². The van der Waals surface area contributed by atoms with Gasteiger partial charge in [-0.05, 0) is 30.6 Å². The van der Waals surface area contributed by atoms with E-state index in [0.717, 1.165) is 30.1 Å². The maximum atomic E-state index is 6.07. The highest BCUT2D eigenvalue weighted by Crippen LogP contribution is 2.22. The lowest BCUT2D eigenvalue weighted by Crippen LogP contribution is -2.20. The fourth-order valence-electron chi connectivity index (χ4n) is 2.02. The summed E-state index contributed by atoms with van der Waals surface area (Å²) in [7, 11) is 2.08. The van der Waals surface area contributed by atoms with Gasteiger partial charge in [0.05, 0.1) is 11.6 Å². The summed E-state index contributed by atoms with van der Waals surface area (Å²) in [5.74, 6) is 2.65. The topological polar surface area (TPSA) is 20.5 Å². The molecule has 0 saturated heterocycles. The number of nitrogens with zero attached hydrogens (tertiary/aromatic N) is 3. The molecule has 0 saturated carbocycles. The van der Waals surface area contributed by atoms with E-state index in [1.807, 2.05) is 36.2 Å². The van der Waals surface area contributed by atoms with Gasteiger partial charge in [-0.25, -0.2) is 4.98 Å². The highest BCUT2D eigenvalue weighted by molar-refractivity contribution is 7.98. The Bertz CT molecular complexity index is 512. The van der Waals surface area contributed by atoms with Crippen molar-refractivity contribution in [1.82, 2.24) is 9.38 Å². The quantitative estimate of drug-likeness (QED) is 0.600. The number of anilines is 1. The highest BCUT2D eigenvalue weighted by atomic mass is 35.5. The zero-order valence-electron chi connectivity index (χ0n) is 10.8. The van der Waals surface area contributed by atoms with Crippen LogP contribution in [0.2, 0.25) is 0 Å². The molecule has 0 spiro atoms. The van der Waals surface area contributed by atoms with Crippen molar-refractivity contribution in [1.29, 1.82) is 0 Å². The van der Waals surface area contributed by atoms with E-state index in [4.69, 9.17) is 11.6 Å². The van der Waals surface area contributed by atoms with E-state index >= 15 is 0 Å². The predicted octanol–water partition coefficient (Wildman–Crippen LogP) is 3.26. The number of fused-ring (bicyclic) bond motifs is 1. The normalized spacial score (nSPS) is 11.1. The summed E-state index contributed by atoms with van der Waals surface area (Å²) < 4.78 is 2.06. The maximum absolute atomic E-state index is 6.07. The van der Waals surface area contributed by atoms with E-state index in [9.17, 15) is 0 Å². The Hall–Kier alpha value is -0.870. The second-order valence-corrected chi connectivity index (χ2v) is 5.47. The average molecular weight is 284 g/mol. The number of hydrogen-bond acceptors (Lipinski definition) is 3. The molecule has 3 nitrogen and oxygen atoms in total. The van der Waals surface area contributed by atoms with Crippen molar-refractivity contribution in [2.45, 2.75) is 12.3 Å². The molecule has 0 aliphatic heterocycles. The van der Waals surface area contributed by atoms with E-state index in [0.29, 0.717) is 5.88 Å². The van der Waals surface area contributed by atoms with Crippen molar-refractivity contribution < 1.29 is 0 Å². The summed E-state index contributed by atoms with van der Waals surface area (Å²) in [6.45, 7) is 1.01. The standard InChI is InChI=1S/C13H18ClN3S/c1-16(7-5-9-18-2)13-11(10-14)17-8-4-3-6-12(17)15-13/h3-4,6,8H,5,7,9-10H2,1-2H3. The second kappa shape index (κ2) is 6.34. The Kier molecular flexibility index (Phi) is 4.78. The summed E-state index contributed by atoms with van der Waals surface area (Å²) >= 11 is 7.94. The molecule has 98 valence electrons. The van der Waals surface area contributed by atoms with Gasteiger partial charge in [0.15, 0.2) is 5.82 Å². The lowest BCUT2D eigenvalue weighted by molar-refractivity contribution is 0.843. The molecule has 2 aromatic rings. The zero-order chi connectivity index (χ0) is 13.0. The molecule has 2 heterocycles. The first-order valence-corrected chi connectivity index (χ1v) is 7.92. The third kappa shape index (κ3) is 2.75. The van der Waals surface area contributed by atoms with Gasteiger partial charge in [0.1, 0.15) is 5.65 Å². The van der Waals surface area contributed by atoms with Gasteiger partial charge in [-0.15, -0.1) is 11.6 Å². The Morgan fingerprint density at radius 3 is 3.00 bits per heavy atom. The first-order valence-electron chi connectivity index (χ1n) is 6.00. The first-order chi connectivity index (χ1) is 8.77. The van der Waals surface area contributed by atoms with E-state index in [1.54, 1.807) is 0 Å². The molecule has 0 aliphatic rings. The maximum Gasteiger partial charge on any atom is 0.152 e. The predicted molar refractivity (Wildman–Crippen MR) is 81.0 cm³/mol. The lowest BCUT2D eigenvalue weighted by Gasteiger charge is -2.17. The Morgan fingerprint density at radius 1 is 1.44 bits per heavy atom. The van der Waals surface area contributed by atoms with Crippen molar-refractivity contribution in [2.75, 3.05) is 30.5 Å². The van der Waals surface area contributed by atoms with Crippen LogP contribution in [0.4, 0.5) is 5.82 Å². The van der Waals surface area contributed by atoms with Crippen LogP contribution in [0.3, 0.4) is 0 Å². The minimum atomic E-state index is 0.480. The Morgan fingerprint density at radius 2 is 2.28 bits per heavy atom. The molecule has 0 fully saturated rings. The van der Waals surface area contributed by atoms with Crippen molar-refractivity contribution in [3.05, 3.63) is 30.1 Å². The van der Waals surface area contributed by atoms with Gasteiger partial charge in [-0.1, -0.05) is 6.07 Å². The van der Waals surface area contributed by atoms with Crippen LogP contribution in [-0.4, -0.2) is 35.0 Å². The Labute approximate surface area is 117 Å². The number of alkyl halides is 1. The third-order valence-electron chi connectivity index (χ3n) is 2.94. The molecule has 0 aromatic carbocycles. The first kappa shape index (κ1) is 13.6. The van der Waals surface area contributed by atoms with E-state index in [1.165, 1.54) is 5.75 Å². The van der Waals surface area contributed by atoms with Crippen LogP contribution < -0.4 is 4.90 Å². The molecule has 2 rings (SSSR count). The zero-order valence-corrected chi connectivity index (χ0v) is 12.3. The largest absolute Gasteiger partial charge is 0.358 e. The number of thioether (sulfide) groups is 1. The number of imidazole rings is 1. The van der Waals surface area contributed by atoms with Gasteiger partial charge >= 0.3 is 0 Å². The molecule has 0 unspecified atom stereocenters. The molecule has 0 N–H and O–H groups in total. The molecular weight excluding hydrogens is 266 g/mol. The highest BCUT2D eigenvalue weighted by Gasteiger charge is 2.14. The van der Waals surface area contributed by atoms with Crippen molar-refractivity contribution in [3.8, 4) is 0 Å². The van der Waals surface area contributed by atoms with E-state index in [-0.39, 0.29) is 0 Å². The number of aromatic nitrogens is 2. The van der Waals surface area contributed by atoms with Gasteiger partial charge in [-0.3, -0.25) is 0 Å². The Balaban J connectivity index is 2.26. The average Bonchev–Trinajstić information content (AvgIpc) is 2.77. The van der Waals surface area contributed by atoms with Crippen molar-refractivity contribution in [3.63, 3.8) is 0 Å². The monoisotopic (exact) mass is 283 g/mol. The van der Waals surface area contributed by atoms with Crippen LogP contribution in [0, 0.1) is 0 Å². The second-order valence-electron chi connectivity index (χ2n) is 4.21. The number of rotatable bonds is 6. The smallest absolute Gasteiger partial charge is 0.152 e. The van der Waals surface area contributed by atoms with Crippen LogP contribution in [0.1, 0.15) is 12.1 Å². The minimum Gasteiger partial charge on any atom is -0.358 e. The number of halogens is 1. The van der Waals surface area contributed by atoms with Gasteiger partial charge < -0.3 is 9.30 Å². The SMILES string of the molecule is CSCCCN(C)c1nc2ccccn2c1CCl. The van der Waals surface area contributed by atoms with Crippen LogP contribution in [0.5, 0.6) is 0 Å². The van der Waals surface area contributed by atoms with Gasteiger partial charge in [-0.2, -0.15) is 11.8 Å². The third-order valence-corrected chi connectivity index (χ3v) is 3.89. The molecule has 0 aliphatic carbocycles. The van der Waals surface area contributed by atoms with Crippen LogP contribution >= 0.6 is 23.4 Å². The molecule has 0 atom stereocenters. The number of pyridine rings is 1. The van der Waals surface area contributed by atoms with Crippen molar-refractivity contribution >= 4 is 34.8 Å². The van der Waals surface area contributed by atoms with E-state index in [2.05, 4.69) is 27.6 Å². The summed E-state index contributed by atoms with van der Waals surface area (Å²) in [6, 6.07) is 6.01. The molecule has 0 amide bonds. The fourth-order valence-corrected chi connectivity index (χ4v) is 2.68. The van der Waals surface area contributed by atoms with Gasteiger partial charge in [0, 0.05) is 19.8 Å². The summed E-state index contributed by atoms with van der Waals surface area (Å²) in [4.78, 5) is 6.86. The number of hydrogen-bond donors (Lipinski definition) is 0. The van der Waals surface area contributed by atoms with Crippen LogP contribution in [-0.2, 0) is 5.88 Å². The fraction of sp³-hybridized carbons (Fsp3) is 0.462. The lowest BCUT2D eigenvalue weighted by atomic mass is 10.4. The molecule has 2 aromatic heterocycles. The van der Waals surface area contributed by atoms with Crippen LogP contribution in [0.15, 0.2) is 24.4 Å². The summed E-state index contributed by atoms with van der Waals surface area (Å²) in [6.07, 6.45) is 5.31. The van der Waals surface area contributed by atoms with Crippen LogP contribution in [0.25, 0.3) is 5.65 Å².